The van der Waals surface area contributed by atoms with Gasteiger partial charge >= 0.3 is 0 Å². The minimum Gasteiger partial charge on any atom is -0.326 e. The van der Waals surface area contributed by atoms with Gasteiger partial charge < -0.3 is 5.32 Å². The topological polar surface area (TPSA) is 45.2 Å². The van der Waals surface area contributed by atoms with Crippen LogP contribution in [0.25, 0.3) is 10.9 Å². The van der Waals surface area contributed by atoms with Crippen LogP contribution in [0, 0.1) is 5.92 Å². The monoisotopic (exact) mass is 393 g/mol. The van der Waals surface area contributed by atoms with Gasteiger partial charge in [-0.15, -0.1) is 0 Å². The maximum absolute atomic E-state index is 12.3. The zero-order chi connectivity index (χ0) is 19.3. The van der Waals surface area contributed by atoms with E-state index in [1.165, 1.54) is 10.9 Å². The third kappa shape index (κ3) is 4.70. The van der Waals surface area contributed by atoms with Gasteiger partial charge in [0.1, 0.15) is 0 Å². The fourth-order valence-corrected chi connectivity index (χ4v) is 4.02. The molecule has 1 amide bonds. The molecule has 1 aliphatic rings. The molecule has 0 saturated carbocycles. The van der Waals surface area contributed by atoms with Gasteiger partial charge in [-0.1, -0.05) is 29.8 Å². The third-order valence-corrected chi connectivity index (χ3v) is 5.69. The van der Waals surface area contributed by atoms with E-state index in [-0.39, 0.29) is 5.91 Å². The maximum Gasteiger partial charge on any atom is 0.224 e. The lowest BCUT2D eigenvalue weighted by Gasteiger charge is -2.32. The number of nitrogens with one attached hydrogen (secondary N) is 1. The van der Waals surface area contributed by atoms with Gasteiger partial charge in [-0.05, 0) is 73.8 Å². The zero-order valence-corrected chi connectivity index (χ0v) is 16.5. The van der Waals surface area contributed by atoms with Gasteiger partial charge in [-0.3, -0.25) is 14.7 Å². The van der Waals surface area contributed by atoms with E-state index < -0.39 is 0 Å². The quantitative estimate of drug-likeness (QED) is 0.653. The molecule has 2 aromatic carbocycles. The highest BCUT2D eigenvalue weighted by atomic mass is 35.5. The zero-order valence-electron chi connectivity index (χ0n) is 15.8. The number of amides is 1. The molecule has 1 aromatic heterocycles. The van der Waals surface area contributed by atoms with E-state index in [0.29, 0.717) is 17.4 Å². The van der Waals surface area contributed by atoms with Gasteiger partial charge in [0.15, 0.2) is 0 Å². The molecular formula is C23H24ClN3O. The first-order valence-electron chi connectivity index (χ1n) is 9.78. The molecule has 144 valence electrons. The molecule has 2 heterocycles. The SMILES string of the molecule is O=C(CC1CCN(Cc2ccnc3ccccc23)CC1)Nc1ccc(Cl)cc1. The molecule has 4 nitrogen and oxygen atoms in total. The molecule has 28 heavy (non-hydrogen) atoms. The number of pyridine rings is 1. The summed E-state index contributed by atoms with van der Waals surface area (Å²) in [6, 6.07) is 17.7. The van der Waals surface area contributed by atoms with E-state index in [9.17, 15) is 4.79 Å². The Kier molecular flexibility index (Phi) is 5.89. The van der Waals surface area contributed by atoms with Crippen LogP contribution in [0.4, 0.5) is 5.69 Å². The smallest absolute Gasteiger partial charge is 0.224 e. The summed E-state index contributed by atoms with van der Waals surface area (Å²) in [6.45, 7) is 2.98. The minimum absolute atomic E-state index is 0.0842. The fourth-order valence-electron chi connectivity index (χ4n) is 3.89. The van der Waals surface area contributed by atoms with Crippen LogP contribution in [0.2, 0.25) is 5.02 Å². The molecule has 4 rings (SSSR count). The van der Waals surface area contributed by atoms with Crippen LogP contribution in [0.15, 0.2) is 60.8 Å². The van der Waals surface area contributed by atoms with Gasteiger partial charge in [0.05, 0.1) is 5.52 Å². The van der Waals surface area contributed by atoms with E-state index in [1.807, 2.05) is 24.4 Å². The summed E-state index contributed by atoms with van der Waals surface area (Å²) in [5.74, 6) is 0.527. The van der Waals surface area contributed by atoms with E-state index in [1.54, 1.807) is 12.1 Å². The van der Waals surface area contributed by atoms with E-state index in [4.69, 9.17) is 11.6 Å². The van der Waals surface area contributed by atoms with E-state index in [0.717, 1.165) is 43.7 Å². The first-order valence-corrected chi connectivity index (χ1v) is 10.2. The number of anilines is 1. The Balaban J connectivity index is 1.28. The van der Waals surface area contributed by atoms with Crippen molar-refractivity contribution in [2.45, 2.75) is 25.8 Å². The summed E-state index contributed by atoms with van der Waals surface area (Å²) in [5, 5.41) is 4.87. The molecule has 0 bridgehead atoms. The highest BCUT2D eigenvalue weighted by Crippen LogP contribution is 2.25. The van der Waals surface area contributed by atoms with Crippen molar-refractivity contribution < 1.29 is 4.79 Å². The molecule has 0 radical (unpaired) electrons. The predicted molar refractivity (Wildman–Crippen MR) is 114 cm³/mol. The number of hydrogen-bond donors (Lipinski definition) is 1. The van der Waals surface area contributed by atoms with Crippen LogP contribution in [0.1, 0.15) is 24.8 Å². The Bertz CT molecular complexity index is 944. The van der Waals surface area contributed by atoms with Crippen molar-refractivity contribution in [3.05, 3.63) is 71.4 Å². The molecule has 1 saturated heterocycles. The first kappa shape index (κ1) is 18.9. The average molecular weight is 394 g/mol. The molecule has 0 unspecified atom stereocenters. The van der Waals surface area contributed by atoms with Crippen LogP contribution in [-0.2, 0) is 11.3 Å². The molecule has 0 spiro atoms. The molecule has 3 aromatic rings. The van der Waals surface area contributed by atoms with Crippen molar-refractivity contribution in [1.29, 1.82) is 0 Å². The number of hydrogen-bond acceptors (Lipinski definition) is 3. The van der Waals surface area contributed by atoms with Crippen LogP contribution in [-0.4, -0.2) is 28.9 Å². The van der Waals surface area contributed by atoms with Crippen molar-refractivity contribution in [1.82, 2.24) is 9.88 Å². The van der Waals surface area contributed by atoms with E-state index >= 15 is 0 Å². The van der Waals surface area contributed by atoms with Crippen molar-refractivity contribution in [3.63, 3.8) is 0 Å². The number of rotatable bonds is 5. The summed E-state index contributed by atoms with van der Waals surface area (Å²) in [7, 11) is 0. The van der Waals surface area contributed by atoms with Crippen LogP contribution in [0.5, 0.6) is 0 Å². The average Bonchev–Trinajstić information content (AvgIpc) is 2.71. The third-order valence-electron chi connectivity index (χ3n) is 5.44. The Morgan fingerprint density at radius 2 is 1.82 bits per heavy atom. The van der Waals surface area contributed by atoms with Crippen molar-refractivity contribution >= 4 is 34.1 Å². The standard InChI is InChI=1S/C23H24ClN3O/c24-19-5-7-20(8-6-19)26-23(28)15-17-10-13-27(14-11-17)16-18-9-12-25-22-4-2-1-3-21(18)22/h1-9,12,17H,10-11,13-16H2,(H,26,28). The Hall–Kier alpha value is -2.43. The maximum atomic E-state index is 12.3. The number of halogens is 1. The molecule has 5 heteroatoms. The number of aromatic nitrogens is 1. The minimum atomic E-state index is 0.0842. The van der Waals surface area contributed by atoms with E-state index in [2.05, 4.69) is 39.5 Å². The highest BCUT2D eigenvalue weighted by molar-refractivity contribution is 6.30. The Morgan fingerprint density at radius 1 is 1.07 bits per heavy atom. The van der Waals surface area contributed by atoms with Gasteiger partial charge in [0.25, 0.3) is 0 Å². The first-order chi connectivity index (χ1) is 13.7. The summed E-state index contributed by atoms with van der Waals surface area (Å²) < 4.78 is 0. The van der Waals surface area contributed by atoms with Crippen LogP contribution >= 0.6 is 11.6 Å². The van der Waals surface area contributed by atoms with Gasteiger partial charge in [0, 0.05) is 35.3 Å². The lowest BCUT2D eigenvalue weighted by Crippen LogP contribution is -2.34. The second-order valence-electron chi connectivity index (χ2n) is 7.47. The summed E-state index contributed by atoms with van der Waals surface area (Å²) in [4.78, 5) is 19.3. The molecule has 1 fully saturated rings. The number of carbonyl (C=O) groups excluding carboxylic acids is 1. The van der Waals surface area contributed by atoms with Crippen LogP contribution in [0.3, 0.4) is 0 Å². The van der Waals surface area contributed by atoms with Crippen molar-refractivity contribution in [2.75, 3.05) is 18.4 Å². The summed E-state index contributed by atoms with van der Waals surface area (Å²) in [5.41, 5.74) is 3.18. The summed E-state index contributed by atoms with van der Waals surface area (Å²) >= 11 is 5.89. The number of fused-ring (bicyclic) bond motifs is 1. The number of para-hydroxylation sites is 1. The number of piperidine rings is 1. The number of nitrogens with zero attached hydrogens (tertiary/aromatic N) is 2. The normalized spacial score (nSPS) is 15.6. The fraction of sp³-hybridized carbons (Fsp3) is 0.304. The highest BCUT2D eigenvalue weighted by Gasteiger charge is 2.22. The van der Waals surface area contributed by atoms with Gasteiger partial charge in [0.2, 0.25) is 5.91 Å². The van der Waals surface area contributed by atoms with Gasteiger partial charge in [-0.2, -0.15) is 0 Å². The molecule has 1 N–H and O–H groups in total. The second-order valence-corrected chi connectivity index (χ2v) is 7.90. The van der Waals surface area contributed by atoms with Crippen molar-refractivity contribution in [3.8, 4) is 0 Å². The lowest BCUT2D eigenvalue weighted by molar-refractivity contribution is -0.117. The van der Waals surface area contributed by atoms with Crippen LogP contribution < -0.4 is 5.32 Å². The lowest BCUT2D eigenvalue weighted by atomic mass is 9.92. The molecule has 1 aliphatic heterocycles. The number of benzene rings is 2. The molecule has 0 aliphatic carbocycles. The predicted octanol–water partition coefficient (Wildman–Crippen LogP) is 5.13. The summed E-state index contributed by atoms with van der Waals surface area (Å²) in [6.07, 6.45) is 4.58. The van der Waals surface area contributed by atoms with Gasteiger partial charge in [-0.25, -0.2) is 0 Å². The molecule has 0 atom stereocenters. The second kappa shape index (κ2) is 8.72. The number of carbonyl (C=O) groups is 1. The number of likely N-dealkylation sites (tertiary alicyclic amines) is 1. The molecular weight excluding hydrogens is 370 g/mol. The Morgan fingerprint density at radius 3 is 2.61 bits per heavy atom. The van der Waals surface area contributed by atoms with Crippen molar-refractivity contribution in [2.24, 2.45) is 5.92 Å². The Labute approximate surface area is 170 Å². The largest absolute Gasteiger partial charge is 0.326 e.